The largest absolute Gasteiger partial charge is 0.573 e. The van der Waals surface area contributed by atoms with Gasteiger partial charge in [-0.2, -0.15) is 4.98 Å². The van der Waals surface area contributed by atoms with Gasteiger partial charge in [-0.15, -0.1) is 13.2 Å². The molecular formula is C22H21F4IN4O2. The van der Waals surface area contributed by atoms with Crippen molar-refractivity contribution >= 4 is 40.0 Å². The van der Waals surface area contributed by atoms with Gasteiger partial charge in [0.25, 0.3) is 0 Å². The lowest BCUT2D eigenvalue weighted by molar-refractivity contribution is -0.274. The quantitative estimate of drug-likeness (QED) is 0.227. The Labute approximate surface area is 201 Å². The van der Waals surface area contributed by atoms with Gasteiger partial charge in [0.2, 0.25) is 5.95 Å². The SMILES string of the molecule is CC(C)[C@H](CO)Nc1nc(Nc2ccc(I)cc2F)cc(-c2cccc(OC(F)(F)F)c2)n1. The standard InChI is InChI=1S/C22H21F4IN4O2/c1-12(2)19(11-32)30-21-29-18(13-4-3-5-15(8-13)33-22(24,25)26)10-20(31-21)28-17-7-6-14(27)9-16(17)23/h3-10,12,19,32H,11H2,1-2H3,(H2,28,29,30,31)/t19-/m0/s1. The topological polar surface area (TPSA) is 79.3 Å². The van der Waals surface area contributed by atoms with Crippen LogP contribution < -0.4 is 15.4 Å². The van der Waals surface area contributed by atoms with Crippen molar-refractivity contribution in [3.05, 3.63) is 57.9 Å². The zero-order chi connectivity index (χ0) is 24.2. The second-order valence-electron chi connectivity index (χ2n) is 7.46. The number of ether oxygens (including phenoxy) is 1. The van der Waals surface area contributed by atoms with E-state index in [2.05, 4.69) is 25.3 Å². The molecule has 1 atom stereocenters. The molecule has 1 aromatic heterocycles. The van der Waals surface area contributed by atoms with Crippen LogP contribution in [0.15, 0.2) is 48.5 Å². The summed E-state index contributed by atoms with van der Waals surface area (Å²) < 4.78 is 57.0. The Balaban J connectivity index is 2.02. The highest BCUT2D eigenvalue weighted by molar-refractivity contribution is 14.1. The van der Waals surface area contributed by atoms with Crippen molar-refractivity contribution < 1.29 is 27.4 Å². The molecular weight excluding hydrogens is 555 g/mol. The second kappa shape index (κ2) is 10.5. The Morgan fingerprint density at radius 3 is 2.48 bits per heavy atom. The summed E-state index contributed by atoms with van der Waals surface area (Å²) in [5, 5.41) is 15.6. The molecule has 3 N–H and O–H groups in total. The normalized spacial score (nSPS) is 12.5. The predicted octanol–water partition coefficient (Wildman–Crippen LogP) is 5.96. The summed E-state index contributed by atoms with van der Waals surface area (Å²) in [4.78, 5) is 8.73. The van der Waals surface area contributed by atoms with Crippen LogP contribution in [0.25, 0.3) is 11.3 Å². The molecule has 176 valence electrons. The van der Waals surface area contributed by atoms with E-state index in [-0.39, 0.29) is 41.7 Å². The minimum atomic E-state index is -4.84. The molecule has 0 amide bonds. The van der Waals surface area contributed by atoms with Crippen LogP contribution in [0.2, 0.25) is 0 Å². The number of halogens is 5. The maximum atomic E-state index is 14.4. The van der Waals surface area contributed by atoms with Crippen molar-refractivity contribution in [2.45, 2.75) is 26.3 Å². The number of anilines is 3. The number of aliphatic hydroxyl groups is 1. The smallest absolute Gasteiger partial charge is 0.406 e. The number of nitrogens with one attached hydrogen (secondary N) is 2. The molecule has 33 heavy (non-hydrogen) atoms. The van der Waals surface area contributed by atoms with Gasteiger partial charge in [-0.1, -0.05) is 26.0 Å². The molecule has 0 fully saturated rings. The van der Waals surface area contributed by atoms with Gasteiger partial charge < -0.3 is 20.5 Å². The van der Waals surface area contributed by atoms with Crippen LogP contribution in [-0.2, 0) is 0 Å². The highest BCUT2D eigenvalue weighted by atomic mass is 127. The molecule has 3 aromatic rings. The monoisotopic (exact) mass is 576 g/mol. The van der Waals surface area contributed by atoms with E-state index in [0.717, 1.165) is 0 Å². The minimum absolute atomic E-state index is 0.0378. The number of alkyl halides is 3. The lowest BCUT2D eigenvalue weighted by Crippen LogP contribution is -2.30. The number of hydrogen-bond acceptors (Lipinski definition) is 6. The molecule has 0 unspecified atom stereocenters. The summed E-state index contributed by atoms with van der Waals surface area (Å²) in [7, 11) is 0. The molecule has 0 radical (unpaired) electrons. The lowest BCUT2D eigenvalue weighted by atomic mass is 10.1. The molecule has 11 heteroatoms. The summed E-state index contributed by atoms with van der Waals surface area (Å²) in [6, 6.07) is 11.1. The van der Waals surface area contributed by atoms with Crippen molar-refractivity contribution in [2.75, 3.05) is 17.2 Å². The zero-order valence-corrected chi connectivity index (χ0v) is 19.8. The number of rotatable bonds is 8. The van der Waals surface area contributed by atoms with E-state index in [1.807, 2.05) is 36.4 Å². The van der Waals surface area contributed by atoms with E-state index in [4.69, 9.17) is 0 Å². The van der Waals surface area contributed by atoms with Crippen LogP contribution >= 0.6 is 22.6 Å². The Hall–Kier alpha value is -2.67. The Morgan fingerprint density at radius 2 is 1.85 bits per heavy atom. The van der Waals surface area contributed by atoms with Crippen LogP contribution in [0.4, 0.5) is 35.0 Å². The van der Waals surface area contributed by atoms with Crippen molar-refractivity contribution in [1.29, 1.82) is 0 Å². The highest BCUT2D eigenvalue weighted by Gasteiger charge is 2.31. The number of benzene rings is 2. The first-order chi connectivity index (χ1) is 15.5. The Bertz CT molecular complexity index is 1110. The predicted molar refractivity (Wildman–Crippen MR) is 126 cm³/mol. The van der Waals surface area contributed by atoms with Gasteiger partial charge in [-0.25, -0.2) is 9.37 Å². The van der Waals surface area contributed by atoms with E-state index < -0.39 is 17.9 Å². The van der Waals surface area contributed by atoms with Crippen molar-refractivity contribution in [1.82, 2.24) is 9.97 Å². The molecule has 0 saturated carbocycles. The van der Waals surface area contributed by atoms with Crippen LogP contribution in [0.1, 0.15) is 13.8 Å². The molecule has 1 heterocycles. The first-order valence-corrected chi connectivity index (χ1v) is 11.0. The molecule has 0 aliphatic carbocycles. The zero-order valence-electron chi connectivity index (χ0n) is 17.6. The summed E-state index contributed by atoms with van der Waals surface area (Å²) in [5.74, 6) is -0.522. The molecule has 0 saturated heterocycles. The van der Waals surface area contributed by atoms with Gasteiger partial charge in [-0.3, -0.25) is 0 Å². The third kappa shape index (κ3) is 7.16. The van der Waals surface area contributed by atoms with E-state index in [1.54, 1.807) is 18.2 Å². The van der Waals surface area contributed by atoms with Crippen LogP contribution in [-0.4, -0.2) is 34.1 Å². The fourth-order valence-electron chi connectivity index (χ4n) is 2.89. The maximum absolute atomic E-state index is 14.4. The summed E-state index contributed by atoms with van der Waals surface area (Å²) >= 11 is 1.99. The van der Waals surface area contributed by atoms with Crippen molar-refractivity contribution in [3.8, 4) is 17.0 Å². The highest BCUT2D eigenvalue weighted by Crippen LogP contribution is 2.30. The molecule has 0 spiro atoms. The van der Waals surface area contributed by atoms with Crippen molar-refractivity contribution in [3.63, 3.8) is 0 Å². The summed E-state index contributed by atoms with van der Waals surface area (Å²) in [6.07, 6.45) is -4.84. The number of aromatic nitrogens is 2. The van der Waals surface area contributed by atoms with E-state index in [9.17, 15) is 22.7 Å². The summed E-state index contributed by atoms with van der Waals surface area (Å²) in [5.41, 5.74) is 0.773. The molecule has 0 aliphatic rings. The van der Waals surface area contributed by atoms with Gasteiger partial charge in [0.1, 0.15) is 17.4 Å². The van der Waals surface area contributed by atoms with E-state index in [1.165, 1.54) is 30.3 Å². The van der Waals surface area contributed by atoms with E-state index in [0.29, 0.717) is 9.13 Å². The number of nitrogens with zero attached hydrogens (tertiary/aromatic N) is 2. The Kier molecular flexibility index (Phi) is 7.95. The molecule has 3 rings (SSSR count). The first kappa shape index (κ1) is 25.0. The molecule has 0 aliphatic heterocycles. The van der Waals surface area contributed by atoms with Gasteiger partial charge in [-0.05, 0) is 58.8 Å². The fourth-order valence-corrected chi connectivity index (χ4v) is 3.35. The van der Waals surface area contributed by atoms with Crippen LogP contribution in [0.3, 0.4) is 0 Å². The van der Waals surface area contributed by atoms with Gasteiger partial charge >= 0.3 is 6.36 Å². The van der Waals surface area contributed by atoms with Gasteiger partial charge in [0.15, 0.2) is 0 Å². The minimum Gasteiger partial charge on any atom is -0.406 e. The molecule has 0 bridgehead atoms. The van der Waals surface area contributed by atoms with Crippen LogP contribution in [0, 0.1) is 15.3 Å². The average molecular weight is 576 g/mol. The van der Waals surface area contributed by atoms with Gasteiger partial charge in [0, 0.05) is 15.2 Å². The first-order valence-electron chi connectivity index (χ1n) is 9.89. The lowest BCUT2D eigenvalue weighted by Gasteiger charge is -2.21. The third-order valence-electron chi connectivity index (χ3n) is 4.60. The number of aliphatic hydroxyl groups excluding tert-OH is 1. The third-order valence-corrected chi connectivity index (χ3v) is 5.27. The average Bonchev–Trinajstić information content (AvgIpc) is 2.72. The number of hydrogen-bond donors (Lipinski definition) is 3. The maximum Gasteiger partial charge on any atom is 0.573 e. The molecule has 2 aromatic carbocycles. The Morgan fingerprint density at radius 1 is 1.09 bits per heavy atom. The van der Waals surface area contributed by atoms with Gasteiger partial charge in [0.05, 0.1) is 24.0 Å². The molecule has 6 nitrogen and oxygen atoms in total. The van der Waals surface area contributed by atoms with Crippen molar-refractivity contribution in [2.24, 2.45) is 5.92 Å². The summed E-state index contributed by atoms with van der Waals surface area (Å²) in [6.45, 7) is 3.61. The van der Waals surface area contributed by atoms with Crippen LogP contribution in [0.5, 0.6) is 5.75 Å². The fraction of sp³-hybridized carbons (Fsp3) is 0.273. The van der Waals surface area contributed by atoms with E-state index >= 15 is 0 Å². The second-order valence-corrected chi connectivity index (χ2v) is 8.71.